The maximum Gasteiger partial charge on any atom is 0.325 e. The van der Waals surface area contributed by atoms with E-state index in [1.165, 1.54) is 0 Å². The highest BCUT2D eigenvalue weighted by molar-refractivity contribution is 6.11. The van der Waals surface area contributed by atoms with Crippen LogP contribution in [0.5, 0.6) is 0 Å². The number of imide groups is 1. The summed E-state index contributed by atoms with van der Waals surface area (Å²) in [4.78, 5) is 38.2. The number of carbonyl (C=O) groups is 3. The molecule has 0 unspecified atom stereocenters. The quantitative estimate of drug-likeness (QED) is 0.688. The molecule has 5 nitrogen and oxygen atoms in total. The monoisotopic (exact) mass is 300 g/mol. The largest absolute Gasteiger partial charge is 0.325 e. The maximum absolute atomic E-state index is 12.5. The Hall–Kier alpha value is -2.17. The highest BCUT2D eigenvalue weighted by atomic mass is 16.2. The topological polar surface area (TPSA) is 66.5 Å². The van der Waals surface area contributed by atoms with Gasteiger partial charge in [-0.2, -0.15) is 0 Å². The van der Waals surface area contributed by atoms with Crippen molar-refractivity contribution in [1.82, 2.24) is 10.2 Å². The van der Waals surface area contributed by atoms with Gasteiger partial charge in [-0.1, -0.05) is 30.5 Å². The van der Waals surface area contributed by atoms with Crippen LogP contribution in [0.25, 0.3) is 0 Å². The molecule has 1 spiro atoms. The van der Waals surface area contributed by atoms with Gasteiger partial charge in [-0.25, -0.2) is 4.79 Å². The summed E-state index contributed by atoms with van der Waals surface area (Å²) in [5, 5.41) is 2.80. The van der Waals surface area contributed by atoms with Crippen molar-refractivity contribution in [2.24, 2.45) is 0 Å². The molecule has 1 saturated carbocycles. The van der Waals surface area contributed by atoms with Gasteiger partial charge in [0, 0.05) is 5.56 Å². The van der Waals surface area contributed by atoms with Gasteiger partial charge >= 0.3 is 6.03 Å². The lowest BCUT2D eigenvalue weighted by Gasteiger charge is -2.19. The predicted octanol–water partition coefficient (Wildman–Crippen LogP) is 2.35. The Labute approximate surface area is 129 Å². The smallest absolute Gasteiger partial charge is 0.323 e. The molecule has 2 fully saturated rings. The second-order valence-electron chi connectivity index (χ2n) is 6.35. The molecule has 1 aromatic carbocycles. The van der Waals surface area contributed by atoms with Crippen LogP contribution >= 0.6 is 0 Å². The van der Waals surface area contributed by atoms with E-state index in [9.17, 15) is 14.4 Å². The zero-order valence-electron chi connectivity index (χ0n) is 12.9. The number of aryl methyl sites for hydroxylation is 2. The number of rotatable bonds is 3. The Morgan fingerprint density at radius 2 is 1.91 bits per heavy atom. The minimum atomic E-state index is -0.751. The van der Waals surface area contributed by atoms with E-state index in [1.807, 2.05) is 32.0 Å². The number of Topliss-reactive ketones (excluding diaryl/α,β-unsaturated/α-hetero) is 1. The molecule has 1 N–H and O–H groups in total. The van der Waals surface area contributed by atoms with Crippen LogP contribution in [0.3, 0.4) is 0 Å². The standard InChI is InChI=1S/C17H20N2O3/c1-11-5-6-12(2)13(9-11)14(20)10-19-15(21)17(18-16(19)22)7-3-4-8-17/h5-6,9H,3-4,7-8,10H2,1-2H3,(H,18,22). The maximum atomic E-state index is 12.5. The first-order valence-electron chi connectivity index (χ1n) is 7.67. The third-order valence-electron chi connectivity index (χ3n) is 4.70. The van der Waals surface area contributed by atoms with Crippen LogP contribution < -0.4 is 5.32 Å². The Bertz CT molecular complexity index is 660. The van der Waals surface area contributed by atoms with Gasteiger partial charge in [-0.15, -0.1) is 0 Å². The summed E-state index contributed by atoms with van der Waals surface area (Å²) in [6, 6.07) is 5.19. The van der Waals surface area contributed by atoms with Crippen molar-refractivity contribution in [2.75, 3.05) is 6.54 Å². The number of nitrogens with one attached hydrogen (secondary N) is 1. The molecule has 3 amide bonds. The number of benzene rings is 1. The molecule has 1 aliphatic heterocycles. The van der Waals surface area contributed by atoms with Gasteiger partial charge in [0.15, 0.2) is 5.78 Å². The van der Waals surface area contributed by atoms with E-state index in [0.717, 1.165) is 28.9 Å². The summed E-state index contributed by atoms with van der Waals surface area (Å²) in [5.41, 5.74) is 1.67. The number of hydrogen-bond donors (Lipinski definition) is 1. The van der Waals surface area contributed by atoms with Crippen molar-refractivity contribution in [3.05, 3.63) is 34.9 Å². The minimum absolute atomic E-state index is 0.184. The van der Waals surface area contributed by atoms with Gasteiger partial charge in [0.1, 0.15) is 5.54 Å². The summed E-state index contributed by atoms with van der Waals surface area (Å²) in [5.74, 6) is -0.437. The van der Waals surface area contributed by atoms with E-state index in [-0.39, 0.29) is 18.2 Å². The molecule has 0 radical (unpaired) electrons. The Kier molecular flexibility index (Phi) is 3.51. The van der Waals surface area contributed by atoms with Crippen LogP contribution in [0, 0.1) is 13.8 Å². The Balaban J connectivity index is 1.81. The molecule has 1 saturated heterocycles. The number of ketones is 1. The molecule has 3 rings (SSSR count). The van der Waals surface area contributed by atoms with Crippen molar-refractivity contribution >= 4 is 17.7 Å². The van der Waals surface area contributed by atoms with Crippen molar-refractivity contribution in [3.63, 3.8) is 0 Å². The van der Waals surface area contributed by atoms with E-state index in [2.05, 4.69) is 5.32 Å². The zero-order chi connectivity index (χ0) is 15.9. The SMILES string of the molecule is Cc1ccc(C)c(C(=O)CN2C(=O)NC3(CCCC3)C2=O)c1. The first-order chi connectivity index (χ1) is 10.4. The van der Waals surface area contributed by atoms with Crippen LogP contribution in [0.2, 0.25) is 0 Å². The lowest BCUT2D eigenvalue weighted by molar-refractivity contribution is -0.130. The van der Waals surface area contributed by atoms with E-state index in [1.54, 1.807) is 0 Å². The molecule has 0 bridgehead atoms. The molecule has 22 heavy (non-hydrogen) atoms. The molecule has 5 heteroatoms. The van der Waals surface area contributed by atoms with Crippen molar-refractivity contribution in [2.45, 2.75) is 45.1 Å². The highest BCUT2D eigenvalue weighted by Gasteiger charge is 2.52. The third kappa shape index (κ3) is 2.30. The van der Waals surface area contributed by atoms with Gasteiger partial charge in [-0.05, 0) is 38.3 Å². The fourth-order valence-corrected chi connectivity index (χ4v) is 3.40. The third-order valence-corrected chi connectivity index (χ3v) is 4.70. The van der Waals surface area contributed by atoms with Crippen LogP contribution in [-0.4, -0.2) is 34.7 Å². The summed E-state index contributed by atoms with van der Waals surface area (Å²) in [7, 11) is 0. The number of hydrogen-bond acceptors (Lipinski definition) is 3. The summed E-state index contributed by atoms with van der Waals surface area (Å²) >= 11 is 0. The summed E-state index contributed by atoms with van der Waals surface area (Å²) in [6.45, 7) is 3.59. The molecule has 1 aliphatic carbocycles. The molecular weight excluding hydrogens is 280 g/mol. The zero-order valence-corrected chi connectivity index (χ0v) is 12.9. The average Bonchev–Trinajstić information content (AvgIpc) is 3.03. The van der Waals surface area contributed by atoms with Crippen molar-refractivity contribution < 1.29 is 14.4 Å². The molecular formula is C17H20N2O3. The molecule has 116 valence electrons. The molecule has 0 atom stereocenters. The fraction of sp³-hybridized carbons (Fsp3) is 0.471. The number of carbonyl (C=O) groups excluding carboxylic acids is 3. The second kappa shape index (κ2) is 5.23. The fourth-order valence-electron chi connectivity index (χ4n) is 3.40. The van der Waals surface area contributed by atoms with E-state index in [4.69, 9.17) is 0 Å². The molecule has 2 aliphatic rings. The predicted molar refractivity (Wildman–Crippen MR) is 81.7 cm³/mol. The number of urea groups is 1. The van der Waals surface area contributed by atoms with Gasteiger partial charge in [0.2, 0.25) is 0 Å². The second-order valence-corrected chi connectivity index (χ2v) is 6.35. The van der Waals surface area contributed by atoms with Gasteiger partial charge < -0.3 is 5.32 Å². The summed E-state index contributed by atoms with van der Waals surface area (Å²) in [6.07, 6.45) is 3.22. The van der Waals surface area contributed by atoms with Crippen molar-refractivity contribution in [1.29, 1.82) is 0 Å². The Morgan fingerprint density at radius 1 is 1.23 bits per heavy atom. The van der Waals surface area contributed by atoms with E-state index < -0.39 is 11.6 Å². The van der Waals surface area contributed by atoms with Gasteiger partial charge in [0.05, 0.1) is 6.54 Å². The normalized spacial score (nSPS) is 19.8. The first kappa shape index (κ1) is 14.8. The molecule has 1 heterocycles. The number of nitrogens with zero attached hydrogens (tertiary/aromatic N) is 1. The molecule has 1 aromatic rings. The summed E-state index contributed by atoms with van der Waals surface area (Å²) < 4.78 is 0. The Morgan fingerprint density at radius 3 is 2.59 bits per heavy atom. The molecule has 0 aromatic heterocycles. The lowest BCUT2D eigenvalue weighted by atomic mass is 9.97. The average molecular weight is 300 g/mol. The van der Waals surface area contributed by atoms with E-state index in [0.29, 0.717) is 18.4 Å². The van der Waals surface area contributed by atoms with Gasteiger partial charge in [0.25, 0.3) is 5.91 Å². The minimum Gasteiger partial charge on any atom is -0.323 e. The van der Waals surface area contributed by atoms with Gasteiger partial charge in [-0.3, -0.25) is 14.5 Å². The van der Waals surface area contributed by atoms with Crippen LogP contribution in [0.15, 0.2) is 18.2 Å². The van der Waals surface area contributed by atoms with Crippen LogP contribution in [-0.2, 0) is 4.79 Å². The number of amides is 3. The van der Waals surface area contributed by atoms with E-state index >= 15 is 0 Å². The highest BCUT2D eigenvalue weighted by Crippen LogP contribution is 2.35. The first-order valence-corrected chi connectivity index (χ1v) is 7.67. The van der Waals surface area contributed by atoms with Crippen LogP contribution in [0.4, 0.5) is 4.79 Å². The van der Waals surface area contributed by atoms with Crippen LogP contribution in [0.1, 0.15) is 47.2 Å². The van der Waals surface area contributed by atoms with Crippen molar-refractivity contribution in [3.8, 4) is 0 Å². The lowest BCUT2D eigenvalue weighted by Crippen LogP contribution is -2.44.